The van der Waals surface area contributed by atoms with Gasteiger partial charge in [0.2, 0.25) is 0 Å². The first-order chi connectivity index (χ1) is 17.7. The van der Waals surface area contributed by atoms with E-state index >= 15 is 0 Å². The van der Waals surface area contributed by atoms with Gasteiger partial charge in [-0.15, -0.1) is 0 Å². The molecular formula is C29H32N4O4. The lowest BCUT2D eigenvalue weighted by Gasteiger charge is -2.11. The Kier molecular flexibility index (Phi) is 9.55. The van der Waals surface area contributed by atoms with Gasteiger partial charge in [-0.05, 0) is 60.2 Å². The van der Waals surface area contributed by atoms with Crippen molar-refractivity contribution in [1.82, 2.24) is 10.7 Å². The molecule has 0 fully saturated rings. The predicted molar refractivity (Wildman–Crippen MR) is 145 cm³/mol. The van der Waals surface area contributed by atoms with Crippen molar-refractivity contribution in [2.75, 3.05) is 11.9 Å². The van der Waals surface area contributed by atoms with Crippen molar-refractivity contribution in [3.8, 4) is 5.75 Å². The number of nitrogens with one attached hydrogen (secondary N) is 3. The van der Waals surface area contributed by atoms with E-state index < -0.39 is 11.8 Å². The summed E-state index contributed by atoms with van der Waals surface area (Å²) >= 11 is 0. The molecule has 0 atom stereocenters. The van der Waals surface area contributed by atoms with Crippen LogP contribution >= 0.6 is 0 Å². The van der Waals surface area contributed by atoms with Crippen LogP contribution in [-0.4, -0.2) is 30.5 Å². The van der Waals surface area contributed by atoms with Gasteiger partial charge in [-0.25, -0.2) is 5.43 Å². The minimum Gasteiger partial charge on any atom is -0.483 e. The minimum absolute atomic E-state index is 0.203. The molecule has 192 valence electrons. The molecule has 3 aromatic carbocycles. The first-order valence-corrected chi connectivity index (χ1v) is 12.0. The van der Waals surface area contributed by atoms with E-state index in [1.165, 1.54) is 11.8 Å². The van der Waals surface area contributed by atoms with Crippen LogP contribution in [-0.2, 0) is 20.9 Å². The van der Waals surface area contributed by atoms with Crippen LogP contribution in [0.25, 0.3) is 0 Å². The number of rotatable bonds is 9. The Morgan fingerprint density at radius 2 is 1.68 bits per heavy atom. The number of para-hydroxylation sites is 1. The summed E-state index contributed by atoms with van der Waals surface area (Å²) in [5.74, 6) is -1.16. The Bertz CT molecular complexity index is 1280. The average molecular weight is 501 g/mol. The Morgan fingerprint density at radius 3 is 2.41 bits per heavy atom. The Balaban J connectivity index is 1.49. The number of benzene rings is 3. The lowest BCUT2D eigenvalue weighted by Crippen LogP contribution is -2.37. The molecular weight excluding hydrogens is 468 g/mol. The maximum absolute atomic E-state index is 12.4. The summed E-state index contributed by atoms with van der Waals surface area (Å²) < 4.78 is 5.66. The van der Waals surface area contributed by atoms with E-state index in [0.717, 1.165) is 22.4 Å². The van der Waals surface area contributed by atoms with Crippen LogP contribution in [0.1, 0.15) is 47.6 Å². The Labute approximate surface area is 217 Å². The van der Waals surface area contributed by atoms with Crippen molar-refractivity contribution in [3.05, 3.63) is 94.5 Å². The van der Waals surface area contributed by atoms with E-state index in [4.69, 9.17) is 4.74 Å². The predicted octanol–water partition coefficient (Wildman–Crippen LogP) is 4.21. The summed E-state index contributed by atoms with van der Waals surface area (Å²) in [6.45, 7) is 8.11. The first kappa shape index (κ1) is 27.1. The van der Waals surface area contributed by atoms with Crippen LogP contribution in [0.5, 0.6) is 5.75 Å². The number of aryl methyl sites for hydroxylation is 2. The molecule has 37 heavy (non-hydrogen) atoms. The molecule has 3 aromatic rings. The highest BCUT2D eigenvalue weighted by atomic mass is 16.5. The zero-order valence-electron chi connectivity index (χ0n) is 21.5. The molecule has 8 nitrogen and oxygen atoms in total. The van der Waals surface area contributed by atoms with Gasteiger partial charge in [-0.1, -0.05) is 62.4 Å². The van der Waals surface area contributed by atoms with Crippen molar-refractivity contribution in [3.63, 3.8) is 0 Å². The zero-order chi connectivity index (χ0) is 26.8. The van der Waals surface area contributed by atoms with Gasteiger partial charge in [0.1, 0.15) is 5.75 Å². The van der Waals surface area contributed by atoms with Gasteiger partial charge in [-0.3, -0.25) is 14.4 Å². The third kappa shape index (κ3) is 8.31. The van der Waals surface area contributed by atoms with Crippen molar-refractivity contribution in [2.45, 2.75) is 40.2 Å². The Hall–Kier alpha value is -4.46. The largest absolute Gasteiger partial charge is 0.483 e. The maximum Gasteiger partial charge on any atom is 0.329 e. The number of hydrogen-bond donors (Lipinski definition) is 3. The van der Waals surface area contributed by atoms with Gasteiger partial charge < -0.3 is 15.4 Å². The molecule has 0 spiro atoms. The van der Waals surface area contributed by atoms with Crippen LogP contribution < -0.4 is 20.8 Å². The second kappa shape index (κ2) is 13.0. The van der Waals surface area contributed by atoms with Crippen LogP contribution in [0.15, 0.2) is 71.8 Å². The van der Waals surface area contributed by atoms with Gasteiger partial charge in [0.15, 0.2) is 6.61 Å². The fourth-order valence-electron chi connectivity index (χ4n) is 3.41. The van der Waals surface area contributed by atoms with Crippen molar-refractivity contribution >= 4 is 29.6 Å². The van der Waals surface area contributed by atoms with Crippen LogP contribution in [0.2, 0.25) is 0 Å². The summed E-state index contributed by atoms with van der Waals surface area (Å²) in [5.41, 5.74) is 7.57. The summed E-state index contributed by atoms with van der Waals surface area (Å²) in [6, 6.07) is 20.6. The molecule has 0 aliphatic carbocycles. The standard InChI is InChI=1S/C29H32N4O4/c1-19(2)23-13-11-22(12-14-23)16-30-28(35)29(36)33-31-17-24-7-5-6-8-26(24)37-18-27(34)32-25-15-20(3)9-10-21(25)4/h5-15,17,19H,16,18H2,1-4H3,(H,30,35)(H,32,34)(H,33,36)/b31-17-. The second-order valence-electron chi connectivity index (χ2n) is 8.97. The van der Waals surface area contributed by atoms with E-state index in [-0.39, 0.29) is 19.1 Å². The van der Waals surface area contributed by atoms with Gasteiger partial charge in [0, 0.05) is 17.8 Å². The highest BCUT2D eigenvalue weighted by Crippen LogP contribution is 2.18. The van der Waals surface area contributed by atoms with Gasteiger partial charge in [0.25, 0.3) is 5.91 Å². The monoisotopic (exact) mass is 500 g/mol. The van der Waals surface area contributed by atoms with Crippen molar-refractivity contribution in [2.24, 2.45) is 5.10 Å². The molecule has 0 aromatic heterocycles. The number of anilines is 1. The zero-order valence-corrected chi connectivity index (χ0v) is 21.5. The minimum atomic E-state index is -0.888. The fraction of sp³-hybridized carbons (Fsp3) is 0.241. The van der Waals surface area contributed by atoms with E-state index in [2.05, 4.69) is 35.0 Å². The molecule has 0 heterocycles. The molecule has 0 saturated heterocycles. The fourth-order valence-corrected chi connectivity index (χ4v) is 3.41. The second-order valence-corrected chi connectivity index (χ2v) is 8.97. The molecule has 0 unspecified atom stereocenters. The number of hydrazone groups is 1. The SMILES string of the molecule is Cc1ccc(C)c(NC(=O)COc2ccccc2/C=N\NC(=O)C(=O)NCc2ccc(C(C)C)cc2)c1. The van der Waals surface area contributed by atoms with Gasteiger partial charge in [-0.2, -0.15) is 5.10 Å². The number of carbonyl (C=O) groups is 3. The lowest BCUT2D eigenvalue weighted by atomic mass is 10.0. The van der Waals surface area contributed by atoms with E-state index in [9.17, 15) is 14.4 Å². The van der Waals surface area contributed by atoms with E-state index in [1.54, 1.807) is 24.3 Å². The van der Waals surface area contributed by atoms with Crippen molar-refractivity contribution < 1.29 is 19.1 Å². The molecule has 0 bridgehead atoms. The number of ether oxygens (including phenoxy) is 1. The molecule has 0 radical (unpaired) electrons. The number of nitrogens with zero attached hydrogens (tertiary/aromatic N) is 1. The topological polar surface area (TPSA) is 109 Å². The quantitative estimate of drug-likeness (QED) is 0.232. The molecule has 0 saturated carbocycles. The summed E-state index contributed by atoms with van der Waals surface area (Å²) in [4.78, 5) is 36.6. The van der Waals surface area contributed by atoms with E-state index in [0.29, 0.717) is 17.2 Å². The highest BCUT2D eigenvalue weighted by molar-refractivity contribution is 6.35. The summed E-state index contributed by atoms with van der Waals surface area (Å²) in [5, 5.41) is 9.28. The smallest absolute Gasteiger partial charge is 0.329 e. The van der Waals surface area contributed by atoms with Crippen LogP contribution in [0.4, 0.5) is 5.69 Å². The summed E-state index contributed by atoms with van der Waals surface area (Å²) in [6.07, 6.45) is 1.35. The molecule has 8 heteroatoms. The number of amides is 3. The molecule has 0 aliphatic rings. The third-order valence-corrected chi connectivity index (χ3v) is 5.62. The molecule has 3 N–H and O–H groups in total. The van der Waals surface area contributed by atoms with E-state index in [1.807, 2.05) is 56.3 Å². The highest BCUT2D eigenvalue weighted by Gasteiger charge is 2.13. The Morgan fingerprint density at radius 1 is 0.946 bits per heavy atom. The maximum atomic E-state index is 12.4. The first-order valence-electron chi connectivity index (χ1n) is 12.0. The number of hydrogen-bond acceptors (Lipinski definition) is 5. The molecule has 0 aliphatic heterocycles. The van der Waals surface area contributed by atoms with Gasteiger partial charge >= 0.3 is 11.8 Å². The normalized spacial score (nSPS) is 10.8. The molecule has 3 amide bonds. The lowest BCUT2D eigenvalue weighted by molar-refractivity contribution is -0.139. The molecule has 3 rings (SSSR count). The van der Waals surface area contributed by atoms with Gasteiger partial charge in [0.05, 0.1) is 6.21 Å². The van der Waals surface area contributed by atoms with Crippen molar-refractivity contribution in [1.29, 1.82) is 0 Å². The third-order valence-electron chi connectivity index (χ3n) is 5.62. The van der Waals surface area contributed by atoms with Crippen LogP contribution in [0.3, 0.4) is 0 Å². The summed E-state index contributed by atoms with van der Waals surface area (Å²) in [7, 11) is 0. The van der Waals surface area contributed by atoms with Crippen LogP contribution in [0, 0.1) is 13.8 Å². The number of carbonyl (C=O) groups excluding carboxylic acids is 3. The average Bonchev–Trinajstić information content (AvgIpc) is 2.89.